The van der Waals surface area contributed by atoms with Gasteiger partial charge < -0.3 is 14.2 Å². The molecule has 0 heterocycles. The van der Waals surface area contributed by atoms with Gasteiger partial charge in [-0.25, -0.2) is 0 Å². The van der Waals surface area contributed by atoms with Crippen molar-refractivity contribution < 1.29 is 28.6 Å². The van der Waals surface area contributed by atoms with E-state index < -0.39 is 6.10 Å². The molecule has 0 aromatic heterocycles. The Morgan fingerprint density at radius 2 is 0.537 bits per heavy atom. The normalized spacial score (nSPS) is 12.5. The minimum Gasteiger partial charge on any atom is -0.462 e. The van der Waals surface area contributed by atoms with Crippen molar-refractivity contribution in [3.63, 3.8) is 0 Å². The van der Waals surface area contributed by atoms with Crippen LogP contribution in [-0.4, -0.2) is 37.2 Å². The number of carbonyl (C=O) groups excluding carboxylic acids is 3. The number of carbonyl (C=O) groups is 3. The molecule has 388 valence electrons. The van der Waals surface area contributed by atoms with Crippen LogP contribution in [0.25, 0.3) is 0 Å². The number of hydrogen-bond acceptors (Lipinski definition) is 6. The van der Waals surface area contributed by atoms with Crippen molar-refractivity contribution in [3.05, 3.63) is 60.8 Å². The maximum absolute atomic E-state index is 12.8. The molecule has 0 fully saturated rings. The van der Waals surface area contributed by atoms with E-state index in [2.05, 4.69) is 81.5 Å². The van der Waals surface area contributed by atoms with Gasteiger partial charge in [0.15, 0.2) is 6.10 Å². The van der Waals surface area contributed by atoms with Crippen LogP contribution in [0.1, 0.15) is 290 Å². The van der Waals surface area contributed by atoms with Gasteiger partial charge in [0.2, 0.25) is 0 Å². The summed E-state index contributed by atoms with van der Waals surface area (Å²) in [7, 11) is 0. The summed E-state index contributed by atoms with van der Waals surface area (Å²) < 4.78 is 16.8. The maximum Gasteiger partial charge on any atom is 0.306 e. The molecule has 0 aliphatic heterocycles. The van der Waals surface area contributed by atoms with E-state index >= 15 is 0 Å². The smallest absolute Gasteiger partial charge is 0.306 e. The summed E-state index contributed by atoms with van der Waals surface area (Å²) in [5, 5.41) is 0. The molecule has 0 bridgehead atoms. The molecule has 0 aromatic carbocycles. The molecule has 6 heteroatoms. The Morgan fingerprint density at radius 3 is 0.866 bits per heavy atom. The van der Waals surface area contributed by atoms with E-state index in [4.69, 9.17) is 14.2 Å². The van der Waals surface area contributed by atoms with Crippen molar-refractivity contribution in [3.8, 4) is 0 Å². The lowest BCUT2D eigenvalue weighted by atomic mass is 10.1. The van der Waals surface area contributed by atoms with Gasteiger partial charge in [0.25, 0.3) is 0 Å². The van der Waals surface area contributed by atoms with Gasteiger partial charge in [-0.15, -0.1) is 0 Å². The van der Waals surface area contributed by atoms with E-state index in [0.717, 1.165) is 96.3 Å². The minimum atomic E-state index is -0.784. The van der Waals surface area contributed by atoms with Crippen molar-refractivity contribution in [2.75, 3.05) is 13.2 Å². The Bertz CT molecular complexity index is 1210. The first-order chi connectivity index (χ1) is 33.0. The molecular weight excluding hydrogens is 829 g/mol. The molecule has 1 atom stereocenters. The van der Waals surface area contributed by atoms with Crippen LogP contribution in [0, 0.1) is 0 Å². The van der Waals surface area contributed by atoms with Crippen LogP contribution in [0.4, 0.5) is 0 Å². The van der Waals surface area contributed by atoms with Crippen LogP contribution in [-0.2, 0) is 28.6 Å². The van der Waals surface area contributed by atoms with Crippen LogP contribution in [0.5, 0.6) is 0 Å². The van der Waals surface area contributed by atoms with Gasteiger partial charge >= 0.3 is 17.9 Å². The lowest BCUT2D eigenvalue weighted by Gasteiger charge is -2.18. The first-order valence-electron chi connectivity index (χ1n) is 28.8. The fourth-order valence-corrected chi connectivity index (χ4v) is 8.09. The number of unbranched alkanes of at least 4 members (excludes halogenated alkanes) is 31. The van der Waals surface area contributed by atoms with Gasteiger partial charge in [-0.1, -0.05) is 223 Å². The molecule has 0 saturated carbocycles. The van der Waals surface area contributed by atoms with Crippen molar-refractivity contribution >= 4 is 17.9 Å². The van der Waals surface area contributed by atoms with Crippen LogP contribution >= 0.6 is 0 Å². The minimum absolute atomic E-state index is 0.0833. The summed E-state index contributed by atoms with van der Waals surface area (Å²) >= 11 is 0. The van der Waals surface area contributed by atoms with Gasteiger partial charge in [-0.2, -0.15) is 0 Å². The molecule has 0 amide bonds. The van der Waals surface area contributed by atoms with Crippen LogP contribution in [0.2, 0.25) is 0 Å². The first-order valence-corrected chi connectivity index (χ1v) is 28.8. The van der Waals surface area contributed by atoms with E-state index in [1.807, 2.05) is 0 Å². The predicted molar refractivity (Wildman–Crippen MR) is 288 cm³/mol. The molecule has 0 N–H and O–H groups in total. The lowest BCUT2D eigenvalue weighted by molar-refractivity contribution is -0.167. The van der Waals surface area contributed by atoms with E-state index in [-0.39, 0.29) is 31.1 Å². The summed E-state index contributed by atoms with van der Waals surface area (Å²) in [5.41, 5.74) is 0. The van der Waals surface area contributed by atoms with Gasteiger partial charge in [-0.3, -0.25) is 14.4 Å². The van der Waals surface area contributed by atoms with Gasteiger partial charge in [0.1, 0.15) is 13.2 Å². The predicted octanol–water partition coefficient (Wildman–Crippen LogP) is 19.2. The summed E-state index contributed by atoms with van der Waals surface area (Å²) in [5.74, 6) is -0.899. The van der Waals surface area contributed by atoms with Gasteiger partial charge in [-0.05, 0) is 109 Å². The standard InChI is InChI=1S/C61H108O6/c1-4-7-10-13-16-19-22-25-26-27-28-29-30-31-32-33-34-37-39-42-45-48-51-54-60(63)66-57-58(67-61(64)55-52-49-46-43-40-36-24-21-18-15-12-9-6-3)56-65-59(62)53-50-47-44-41-38-35-23-20-17-14-11-8-5-2/h20-25,27-28,30-31,58H,4-19,26,29,32-57H2,1-3H3/b23-20-,24-21-,25-22-,28-27-,31-30-. The number of esters is 3. The molecular formula is C61H108O6. The fourth-order valence-electron chi connectivity index (χ4n) is 8.09. The van der Waals surface area contributed by atoms with Crippen molar-refractivity contribution in [2.24, 2.45) is 0 Å². The average molecular weight is 938 g/mol. The molecule has 1 unspecified atom stereocenters. The Kier molecular flexibility index (Phi) is 53.3. The molecule has 6 nitrogen and oxygen atoms in total. The Labute approximate surface area is 415 Å². The third-order valence-electron chi connectivity index (χ3n) is 12.5. The monoisotopic (exact) mass is 937 g/mol. The second kappa shape index (κ2) is 55.7. The number of allylic oxidation sites excluding steroid dienone is 10. The van der Waals surface area contributed by atoms with Crippen molar-refractivity contribution in [2.45, 2.75) is 297 Å². The fraction of sp³-hybridized carbons (Fsp3) is 0.787. The molecule has 0 aliphatic carbocycles. The molecule has 0 radical (unpaired) electrons. The van der Waals surface area contributed by atoms with E-state index in [1.54, 1.807) is 0 Å². The van der Waals surface area contributed by atoms with Crippen molar-refractivity contribution in [1.29, 1.82) is 0 Å². The Hall–Kier alpha value is -2.89. The highest BCUT2D eigenvalue weighted by atomic mass is 16.6. The van der Waals surface area contributed by atoms with Gasteiger partial charge in [0, 0.05) is 19.3 Å². The summed E-state index contributed by atoms with van der Waals surface area (Å²) in [6.45, 7) is 6.59. The third kappa shape index (κ3) is 53.9. The van der Waals surface area contributed by atoms with Crippen LogP contribution < -0.4 is 0 Å². The topological polar surface area (TPSA) is 78.9 Å². The van der Waals surface area contributed by atoms with Crippen LogP contribution in [0.3, 0.4) is 0 Å². The summed E-state index contributed by atoms with van der Waals surface area (Å²) in [6, 6.07) is 0. The lowest BCUT2D eigenvalue weighted by Crippen LogP contribution is -2.30. The second-order valence-corrected chi connectivity index (χ2v) is 19.2. The molecule has 0 aliphatic rings. The van der Waals surface area contributed by atoms with Crippen molar-refractivity contribution in [1.82, 2.24) is 0 Å². The molecule has 0 spiro atoms. The summed E-state index contributed by atoms with van der Waals surface area (Å²) in [6.07, 6.45) is 69.2. The van der Waals surface area contributed by atoms with Crippen LogP contribution in [0.15, 0.2) is 60.8 Å². The first kappa shape index (κ1) is 64.1. The highest BCUT2D eigenvalue weighted by molar-refractivity contribution is 5.71. The third-order valence-corrected chi connectivity index (χ3v) is 12.5. The largest absolute Gasteiger partial charge is 0.462 e. The maximum atomic E-state index is 12.8. The molecule has 0 saturated heterocycles. The second-order valence-electron chi connectivity index (χ2n) is 19.2. The van der Waals surface area contributed by atoms with E-state index in [1.165, 1.54) is 154 Å². The Balaban J connectivity index is 4.32. The molecule has 67 heavy (non-hydrogen) atoms. The zero-order valence-electron chi connectivity index (χ0n) is 44.4. The highest BCUT2D eigenvalue weighted by Crippen LogP contribution is 2.15. The zero-order valence-corrected chi connectivity index (χ0v) is 44.4. The van der Waals surface area contributed by atoms with Gasteiger partial charge in [0.05, 0.1) is 0 Å². The summed E-state index contributed by atoms with van der Waals surface area (Å²) in [4.78, 5) is 38.1. The van der Waals surface area contributed by atoms with E-state index in [0.29, 0.717) is 19.3 Å². The highest BCUT2D eigenvalue weighted by Gasteiger charge is 2.19. The quantitative estimate of drug-likeness (QED) is 0.0262. The molecule has 0 rings (SSSR count). The number of ether oxygens (including phenoxy) is 3. The zero-order chi connectivity index (χ0) is 48.6. The SMILES string of the molecule is CCCCCC/C=C\CCCCCCCC(=O)OCC(COC(=O)CCCCCCCCCC/C=C\C/C=C\C/C=C\CCCCCCC)OC(=O)CCCCCCC/C=C\CCCCCC. The van der Waals surface area contributed by atoms with E-state index in [9.17, 15) is 14.4 Å². The Morgan fingerprint density at radius 1 is 0.299 bits per heavy atom. The number of rotatable bonds is 52. The average Bonchev–Trinajstić information content (AvgIpc) is 3.33. The molecule has 0 aromatic rings. The number of hydrogen-bond donors (Lipinski definition) is 0.